The Kier molecular flexibility index (Phi) is 4.81. The lowest BCUT2D eigenvalue weighted by atomic mass is 9.93. The first-order valence-corrected chi connectivity index (χ1v) is 5.51. The fourth-order valence-corrected chi connectivity index (χ4v) is 1.71. The third-order valence-corrected chi connectivity index (χ3v) is 2.87. The molecule has 0 saturated carbocycles. The molecule has 0 aromatic heterocycles. The van der Waals surface area contributed by atoms with Crippen molar-refractivity contribution in [1.82, 2.24) is 0 Å². The standard InChI is InChI=1S/C12H21N/c1-3-12-8-7-11(2)6-4-5-9-13-10-12/h5,9-12H,3-4,6-8H2,1-2H3/b9-5-,13-10?. The van der Waals surface area contributed by atoms with Crippen LogP contribution in [-0.2, 0) is 0 Å². The van der Waals surface area contributed by atoms with Gasteiger partial charge < -0.3 is 0 Å². The highest BCUT2D eigenvalue weighted by Gasteiger charge is 2.07. The van der Waals surface area contributed by atoms with Gasteiger partial charge in [-0.3, -0.25) is 4.99 Å². The first-order chi connectivity index (χ1) is 6.33. The summed E-state index contributed by atoms with van der Waals surface area (Å²) in [5, 5.41) is 0. The lowest BCUT2D eigenvalue weighted by molar-refractivity contribution is 0.442. The number of hydrogen-bond donors (Lipinski definition) is 0. The second kappa shape index (κ2) is 5.95. The van der Waals surface area contributed by atoms with Crippen molar-refractivity contribution in [1.29, 1.82) is 0 Å². The molecule has 0 aromatic carbocycles. The Morgan fingerprint density at radius 3 is 2.92 bits per heavy atom. The molecule has 1 nitrogen and oxygen atoms in total. The minimum atomic E-state index is 0.699. The molecule has 1 heterocycles. The highest BCUT2D eigenvalue weighted by atomic mass is 14.7. The van der Waals surface area contributed by atoms with Gasteiger partial charge in [-0.05, 0) is 37.5 Å². The van der Waals surface area contributed by atoms with Crippen LogP contribution >= 0.6 is 0 Å². The molecule has 0 aromatic rings. The van der Waals surface area contributed by atoms with Crippen LogP contribution in [0.15, 0.2) is 17.3 Å². The summed E-state index contributed by atoms with van der Waals surface area (Å²) in [6.07, 6.45) is 12.7. The molecule has 0 N–H and O–H groups in total. The Hall–Kier alpha value is -0.590. The average Bonchev–Trinajstić information content (AvgIpc) is 2.16. The van der Waals surface area contributed by atoms with E-state index in [-0.39, 0.29) is 0 Å². The molecule has 0 radical (unpaired) electrons. The second-order valence-electron chi connectivity index (χ2n) is 4.11. The molecule has 0 spiro atoms. The molecule has 0 aliphatic carbocycles. The van der Waals surface area contributed by atoms with Crippen molar-refractivity contribution in [3.05, 3.63) is 12.3 Å². The SMILES string of the molecule is CCC1C=N/C=C\CCC(C)CC1. The van der Waals surface area contributed by atoms with Crippen LogP contribution in [0.1, 0.15) is 46.0 Å². The number of allylic oxidation sites excluding steroid dienone is 1. The highest BCUT2D eigenvalue weighted by Crippen LogP contribution is 2.19. The second-order valence-corrected chi connectivity index (χ2v) is 4.11. The van der Waals surface area contributed by atoms with Gasteiger partial charge in [0.1, 0.15) is 0 Å². The van der Waals surface area contributed by atoms with Gasteiger partial charge in [-0.1, -0.05) is 26.3 Å². The zero-order valence-corrected chi connectivity index (χ0v) is 8.87. The lowest BCUT2D eigenvalue weighted by Gasteiger charge is -2.14. The lowest BCUT2D eigenvalue weighted by Crippen LogP contribution is -2.04. The predicted octanol–water partition coefficient (Wildman–Crippen LogP) is 3.81. The summed E-state index contributed by atoms with van der Waals surface area (Å²) < 4.78 is 0. The van der Waals surface area contributed by atoms with Gasteiger partial charge in [0.25, 0.3) is 0 Å². The summed E-state index contributed by atoms with van der Waals surface area (Å²) in [5.41, 5.74) is 0. The molecule has 0 amide bonds. The van der Waals surface area contributed by atoms with Crippen molar-refractivity contribution >= 4 is 6.21 Å². The Balaban J connectivity index is 2.49. The van der Waals surface area contributed by atoms with Crippen LogP contribution in [0.25, 0.3) is 0 Å². The van der Waals surface area contributed by atoms with Crippen molar-refractivity contribution in [3.8, 4) is 0 Å². The van der Waals surface area contributed by atoms with Gasteiger partial charge in [0, 0.05) is 12.4 Å². The fraction of sp³-hybridized carbons (Fsp3) is 0.750. The number of aliphatic imine (C=N–C) groups is 1. The summed E-state index contributed by atoms with van der Waals surface area (Å²) in [6.45, 7) is 4.61. The molecule has 74 valence electrons. The smallest absolute Gasteiger partial charge is 0.0224 e. The number of hydrogen-bond acceptors (Lipinski definition) is 1. The molecule has 1 aliphatic rings. The zero-order valence-electron chi connectivity index (χ0n) is 8.87. The largest absolute Gasteiger partial charge is 0.269 e. The average molecular weight is 179 g/mol. The molecule has 2 unspecified atom stereocenters. The van der Waals surface area contributed by atoms with Crippen LogP contribution in [0.4, 0.5) is 0 Å². The zero-order chi connectivity index (χ0) is 9.52. The molecule has 0 fully saturated rings. The maximum atomic E-state index is 4.30. The molecule has 1 aliphatic heterocycles. The van der Waals surface area contributed by atoms with Crippen molar-refractivity contribution < 1.29 is 0 Å². The van der Waals surface area contributed by atoms with E-state index in [1.807, 2.05) is 6.20 Å². The Morgan fingerprint density at radius 2 is 2.15 bits per heavy atom. The monoisotopic (exact) mass is 179 g/mol. The molecular weight excluding hydrogens is 158 g/mol. The van der Waals surface area contributed by atoms with Crippen LogP contribution in [0, 0.1) is 11.8 Å². The number of rotatable bonds is 1. The molecule has 0 saturated heterocycles. The van der Waals surface area contributed by atoms with Gasteiger partial charge in [-0.25, -0.2) is 0 Å². The normalized spacial score (nSPS) is 32.8. The molecule has 2 atom stereocenters. The first kappa shape index (κ1) is 10.5. The summed E-state index contributed by atoms with van der Waals surface area (Å²) in [5.74, 6) is 1.58. The Bertz CT molecular complexity index is 182. The Labute approximate surface area is 82.0 Å². The van der Waals surface area contributed by atoms with E-state index in [1.54, 1.807) is 0 Å². The first-order valence-electron chi connectivity index (χ1n) is 5.51. The number of nitrogens with zero attached hydrogens (tertiary/aromatic N) is 1. The van der Waals surface area contributed by atoms with Gasteiger partial charge in [0.05, 0.1) is 0 Å². The van der Waals surface area contributed by atoms with Gasteiger partial charge in [-0.15, -0.1) is 0 Å². The van der Waals surface area contributed by atoms with E-state index in [2.05, 4.69) is 31.1 Å². The maximum absolute atomic E-state index is 4.30. The van der Waals surface area contributed by atoms with E-state index >= 15 is 0 Å². The van der Waals surface area contributed by atoms with E-state index in [4.69, 9.17) is 0 Å². The van der Waals surface area contributed by atoms with E-state index in [0.29, 0.717) is 5.92 Å². The van der Waals surface area contributed by atoms with Gasteiger partial charge in [0.2, 0.25) is 0 Å². The van der Waals surface area contributed by atoms with Crippen molar-refractivity contribution in [2.24, 2.45) is 16.8 Å². The minimum absolute atomic E-state index is 0.699. The topological polar surface area (TPSA) is 12.4 Å². The van der Waals surface area contributed by atoms with Crippen LogP contribution < -0.4 is 0 Å². The third kappa shape index (κ3) is 4.25. The van der Waals surface area contributed by atoms with Gasteiger partial charge in [0.15, 0.2) is 0 Å². The molecule has 13 heavy (non-hydrogen) atoms. The van der Waals surface area contributed by atoms with E-state index < -0.39 is 0 Å². The maximum Gasteiger partial charge on any atom is 0.0224 e. The minimum Gasteiger partial charge on any atom is -0.269 e. The molecule has 0 bridgehead atoms. The quantitative estimate of drug-likeness (QED) is 0.580. The van der Waals surface area contributed by atoms with Gasteiger partial charge >= 0.3 is 0 Å². The molecule has 1 heteroatoms. The van der Waals surface area contributed by atoms with E-state index in [9.17, 15) is 0 Å². The Morgan fingerprint density at radius 1 is 1.31 bits per heavy atom. The summed E-state index contributed by atoms with van der Waals surface area (Å²) in [7, 11) is 0. The summed E-state index contributed by atoms with van der Waals surface area (Å²) in [4.78, 5) is 4.30. The molecule has 1 rings (SSSR count). The van der Waals surface area contributed by atoms with Crippen LogP contribution in [0.5, 0.6) is 0 Å². The van der Waals surface area contributed by atoms with Crippen molar-refractivity contribution in [2.75, 3.05) is 0 Å². The van der Waals surface area contributed by atoms with Crippen molar-refractivity contribution in [3.63, 3.8) is 0 Å². The van der Waals surface area contributed by atoms with Crippen LogP contribution in [0.2, 0.25) is 0 Å². The summed E-state index contributed by atoms with van der Waals surface area (Å²) >= 11 is 0. The van der Waals surface area contributed by atoms with Crippen LogP contribution in [0.3, 0.4) is 0 Å². The third-order valence-electron chi connectivity index (χ3n) is 2.87. The fourth-order valence-electron chi connectivity index (χ4n) is 1.71. The van der Waals surface area contributed by atoms with E-state index in [1.165, 1.54) is 32.1 Å². The molecular formula is C12H21N. The van der Waals surface area contributed by atoms with Crippen molar-refractivity contribution in [2.45, 2.75) is 46.0 Å². The van der Waals surface area contributed by atoms with Gasteiger partial charge in [-0.2, -0.15) is 0 Å². The highest BCUT2D eigenvalue weighted by molar-refractivity contribution is 5.61. The van der Waals surface area contributed by atoms with Crippen LogP contribution in [-0.4, -0.2) is 6.21 Å². The predicted molar refractivity (Wildman–Crippen MR) is 59.0 cm³/mol. The summed E-state index contributed by atoms with van der Waals surface area (Å²) in [6, 6.07) is 0. The van der Waals surface area contributed by atoms with E-state index in [0.717, 1.165) is 5.92 Å².